The molecule has 4 aromatic carbocycles. The molecule has 0 saturated heterocycles. The molecule has 0 unspecified atom stereocenters. The highest BCUT2D eigenvalue weighted by atomic mass is 16.3. The lowest BCUT2D eigenvalue weighted by atomic mass is 9.91. The minimum Gasteiger partial charge on any atom is -0.494 e. The molecule has 3 heterocycles. The maximum atomic E-state index is 14.5. The number of anilines is 3. The first kappa shape index (κ1) is 80.0. The molecule has 7 rings (SSSR count). The molecular weight excluding hydrogens is 1340 g/mol. The summed E-state index contributed by atoms with van der Waals surface area (Å²) >= 11 is 0. The summed E-state index contributed by atoms with van der Waals surface area (Å²) in [5, 5.41) is 49.5. The van der Waals surface area contributed by atoms with Crippen LogP contribution in [0.5, 0.6) is 23.5 Å². The Morgan fingerprint density at radius 3 is 0.824 bits per heavy atom. The van der Waals surface area contributed by atoms with Gasteiger partial charge in [0.25, 0.3) is 11.8 Å². The summed E-state index contributed by atoms with van der Waals surface area (Å²) in [6, 6.07) is 19.0. The van der Waals surface area contributed by atoms with E-state index in [0.29, 0.717) is 68.4 Å². The van der Waals surface area contributed by atoms with Gasteiger partial charge in [-0.25, -0.2) is 14.0 Å². The Bertz CT molecular complexity index is 6160. The fraction of sp³-hybridized carbons (Fsp3) is 0.221. The quantitative estimate of drug-likeness (QED) is 0.0459. The number of carbonyl (C=O) groups excluding carboxylic acids is 4. The molecule has 524 valence electrons. The second-order valence-electron chi connectivity index (χ2n) is 23.3. The summed E-state index contributed by atoms with van der Waals surface area (Å²) in [4.78, 5) is 58.0. The number of carbonyl (C=O) groups is 4. The first-order chi connectivity index (χ1) is 52.3. The Morgan fingerprint density at radius 2 is 0.583 bits per heavy atom. The molecule has 2 aromatic heterocycles. The number of amides is 4. The number of aromatic hydroxyl groups is 4. The fourth-order valence-electron chi connectivity index (χ4n) is 12.0. The van der Waals surface area contributed by atoms with Crippen molar-refractivity contribution in [2.75, 3.05) is 14.7 Å². The number of aromatic nitrogens is 2. The molecule has 4 N–H and O–H groups in total. The molecular formula is C95H71N5O8. The molecule has 6 aromatic rings. The van der Waals surface area contributed by atoms with Crippen molar-refractivity contribution in [2.45, 2.75) is 140 Å². The third kappa shape index (κ3) is 20.5. The number of hydrogen-bond donors (Lipinski definition) is 4. The van der Waals surface area contributed by atoms with E-state index >= 15 is 0 Å². The number of aryl methyl sites for hydroxylation is 8. The predicted octanol–water partition coefficient (Wildman–Crippen LogP) is 16.7. The molecule has 0 fully saturated rings. The van der Waals surface area contributed by atoms with E-state index in [9.17, 15) is 39.6 Å². The van der Waals surface area contributed by atoms with Crippen LogP contribution in [0, 0.1) is 6.92 Å². The second kappa shape index (κ2) is 40.4. The number of nitrogens with zero attached hydrogens (tertiary/aromatic N) is 5. The monoisotopic (exact) mass is 1410 g/mol. The predicted molar refractivity (Wildman–Crippen MR) is 413 cm³/mol. The maximum Gasteiger partial charge on any atom is 0.258 e. The number of hydrogen-bond acceptors (Lipinski definition) is 8. The van der Waals surface area contributed by atoms with E-state index in [1.165, 1.54) is 74.4 Å². The summed E-state index contributed by atoms with van der Waals surface area (Å²) in [6.45, 7) is 23.9. The zero-order valence-electron chi connectivity index (χ0n) is 61.9. The van der Waals surface area contributed by atoms with Gasteiger partial charge in [-0.2, -0.15) is 0 Å². The van der Waals surface area contributed by atoms with Crippen LogP contribution in [0.1, 0.15) is 142 Å². The van der Waals surface area contributed by atoms with E-state index in [2.05, 4.69) is 246 Å². The Hall–Kier alpha value is -15.3. The molecule has 0 radical (unpaired) electrons. The minimum absolute atomic E-state index is 0.284. The first-order valence-corrected chi connectivity index (χ1v) is 34.5. The van der Waals surface area contributed by atoms with Crippen LogP contribution in [0.15, 0.2) is 280 Å². The van der Waals surface area contributed by atoms with E-state index in [1.54, 1.807) is 0 Å². The third-order valence-corrected chi connectivity index (χ3v) is 16.6. The molecule has 1 aliphatic heterocycles. The summed E-state index contributed by atoms with van der Waals surface area (Å²) in [5.74, 6) is -4.93. The molecule has 0 aliphatic carbocycles. The van der Waals surface area contributed by atoms with Gasteiger partial charge >= 0.3 is 0 Å². The van der Waals surface area contributed by atoms with E-state index in [4.69, 9.17) is 0 Å². The smallest absolute Gasteiger partial charge is 0.258 e. The maximum absolute atomic E-state index is 14.5. The zero-order valence-corrected chi connectivity index (χ0v) is 61.9. The lowest BCUT2D eigenvalue weighted by Gasteiger charge is -2.29. The average Bonchev–Trinajstić information content (AvgIpc) is 1.59. The lowest BCUT2D eigenvalue weighted by Crippen LogP contribution is -2.40. The van der Waals surface area contributed by atoms with Gasteiger partial charge in [-0.1, -0.05) is 110 Å². The Labute approximate surface area is 628 Å². The standard InChI is InChI=1S/C95H71N5O8/c1-13-22-23-24-25-26-27-28-29-30-31-32-33-34-35-36-37-38-39-40-41-42-43-44-45-46-47-48-49-50-51-52-53-54-86(96(70(11)101)84-67-89(105)99(94(84)107)92-80(18-6)63-73(64-81(92)19-7)57-72-59-76(14-2)69(10)77(15-3)60-72)97(71(12)102)85-68-90(106)100(95(85)108)93-82(20-8)65-75(66-83(93)21-9)58-74-61-78(16-4)91(79(17-5)62-74)98-87(103)55-56-88(98)104/h55-56,59-68,105-108H,1,14-21,57-58H2,2-12H3. The van der Waals surface area contributed by atoms with Crippen LogP contribution >= 0.6 is 0 Å². The Kier molecular flexibility index (Phi) is 29.9. The van der Waals surface area contributed by atoms with E-state index in [1.807, 2.05) is 65.8 Å². The SMILES string of the molecule is C=C=C=C=C=C=C=C=C=C=C=C=C=C=C=C=C=C=C=C=C=C=C=C=C=C=C=C=C=C=C=C=C=C=C=C(N(C(C)=O)c1cc(O)n(-c2c(CC)cc(Cc3cc(CC)c(C)c(CC)c3)cc2CC)c1O)N(C(C)=O)c1cc(O)n(-c2c(CC)cc(Cc3cc(CC)c(N4C(=O)C=CC4=O)c(CC)c3)cc2CC)c1O. The molecule has 0 bridgehead atoms. The fourth-order valence-corrected chi connectivity index (χ4v) is 12.0. The van der Waals surface area contributed by atoms with Crippen molar-refractivity contribution in [3.8, 4) is 34.9 Å². The van der Waals surface area contributed by atoms with Crippen molar-refractivity contribution in [3.63, 3.8) is 0 Å². The average molecular weight is 1410 g/mol. The van der Waals surface area contributed by atoms with Gasteiger partial charge in [-0.05, 0) is 247 Å². The number of benzene rings is 4. The molecule has 0 saturated carbocycles. The van der Waals surface area contributed by atoms with Gasteiger partial charge < -0.3 is 20.4 Å². The van der Waals surface area contributed by atoms with Crippen molar-refractivity contribution in [2.24, 2.45) is 0 Å². The molecule has 13 nitrogen and oxygen atoms in total. The van der Waals surface area contributed by atoms with Crippen molar-refractivity contribution in [1.29, 1.82) is 0 Å². The van der Waals surface area contributed by atoms with Crippen molar-refractivity contribution in [1.82, 2.24) is 9.13 Å². The molecule has 108 heavy (non-hydrogen) atoms. The van der Waals surface area contributed by atoms with E-state index in [0.717, 1.165) is 72.7 Å². The zero-order chi connectivity index (χ0) is 78.1. The minimum atomic E-state index is -0.798. The summed E-state index contributed by atoms with van der Waals surface area (Å²) in [7, 11) is 0. The van der Waals surface area contributed by atoms with Crippen LogP contribution in [-0.4, -0.2) is 53.2 Å². The van der Waals surface area contributed by atoms with Crippen LogP contribution < -0.4 is 14.7 Å². The Morgan fingerprint density at radius 1 is 0.352 bits per heavy atom. The highest BCUT2D eigenvalue weighted by Crippen LogP contribution is 2.46. The molecule has 1 aliphatic rings. The molecule has 0 spiro atoms. The molecule has 13 heteroatoms. The number of imide groups is 1. The van der Waals surface area contributed by atoms with Crippen molar-refractivity contribution >= 4 is 40.7 Å². The van der Waals surface area contributed by atoms with Crippen LogP contribution in [0.3, 0.4) is 0 Å². The van der Waals surface area contributed by atoms with Gasteiger partial charge in [0.1, 0.15) is 11.4 Å². The van der Waals surface area contributed by atoms with Crippen LogP contribution in [0.2, 0.25) is 0 Å². The van der Waals surface area contributed by atoms with Crippen molar-refractivity contribution in [3.05, 3.63) is 352 Å². The lowest BCUT2D eigenvalue weighted by molar-refractivity contribution is -0.120. The normalized spacial score (nSPS) is 9.71. The number of rotatable bonds is 19. The van der Waals surface area contributed by atoms with Crippen molar-refractivity contribution < 1.29 is 39.6 Å². The third-order valence-electron chi connectivity index (χ3n) is 16.6. The molecule has 0 atom stereocenters. The summed E-state index contributed by atoms with van der Waals surface area (Å²) < 4.78 is 2.49. The largest absolute Gasteiger partial charge is 0.494 e. The van der Waals surface area contributed by atoms with E-state index in [-0.39, 0.29) is 23.2 Å². The van der Waals surface area contributed by atoms with Crippen LogP contribution in [-0.2, 0) is 83.4 Å². The Balaban J connectivity index is 1.38. The second-order valence-corrected chi connectivity index (χ2v) is 23.3. The van der Waals surface area contributed by atoms with E-state index < -0.39 is 41.2 Å². The highest BCUT2D eigenvalue weighted by molar-refractivity contribution is 6.28. The van der Waals surface area contributed by atoms with Gasteiger partial charge in [0, 0.05) is 130 Å². The topological polar surface area (TPSA) is 169 Å². The van der Waals surface area contributed by atoms with Gasteiger partial charge in [-0.15, -0.1) is 0 Å². The van der Waals surface area contributed by atoms with Crippen LogP contribution in [0.4, 0.5) is 17.1 Å². The summed E-state index contributed by atoms with van der Waals surface area (Å²) in [5.41, 5.74) is 99.6. The first-order valence-electron chi connectivity index (χ1n) is 34.5. The van der Waals surface area contributed by atoms with Gasteiger partial charge in [-0.3, -0.25) is 29.0 Å². The van der Waals surface area contributed by atoms with Gasteiger partial charge in [0.05, 0.1) is 17.1 Å². The highest BCUT2D eigenvalue weighted by Gasteiger charge is 2.36. The van der Waals surface area contributed by atoms with Crippen LogP contribution in [0.25, 0.3) is 11.4 Å². The summed E-state index contributed by atoms with van der Waals surface area (Å²) in [6.07, 6.45) is 8.42. The van der Waals surface area contributed by atoms with Gasteiger partial charge in [0.15, 0.2) is 5.82 Å². The van der Waals surface area contributed by atoms with Gasteiger partial charge in [0.2, 0.25) is 35.3 Å². The molecule has 4 amide bonds.